The van der Waals surface area contributed by atoms with Crippen LogP contribution in [0.5, 0.6) is 0 Å². The summed E-state index contributed by atoms with van der Waals surface area (Å²) in [6.07, 6.45) is 0.962. The lowest BCUT2D eigenvalue weighted by molar-refractivity contribution is 0.110. The molecule has 0 spiro atoms. The highest BCUT2D eigenvalue weighted by Crippen LogP contribution is 2.43. The lowest BCUT2D eigenvalue weighted by Gasteiger charge is -2.38. The number of nitrogens with zero attached hydrogens (tertiary/aromatic N) is 2. The summed E-state index contributed by atoms with van der Waals surface area (Å²) in [4.78, 5) is 7.31. The van der Waals surface area contributed by atoms with Crippen molar-refractivity contribution in [3.63, 3.8) is 0 Å². The van der Waals surface area contributed by atoms with E-state index in [0.29, 0.717) is 6.04 Å². The second-order valence-corrected chi connectivity index (χ2v) is 7.53. The summed E-state index contributed by atoms with van der Waals surface area (Å²) < 4.78 is 13.7. The fraction of sp³-hybridized carbons (Fsp3) is 0.368. The van der Waals surface area contributed by atoms with Crippen LogP contribution in [0.3, 0.4) is 0 Å². The van der Waals surface area contributed by atoms with Gasteiger partial charge in [0.25, 0.3) is 0 Å². The van der Waals surface area contributed by atoms with Gasteiger partial charge in [-0.25, -0.2) is 4.39 Å². The van der Waals surface area contributed by atoms with Crippen LogP contribution in [0.25, 0.3) is 0 Å². The van der Waals surface area contributed by atoms with E-state index in [-0.39, 0.29) is 5.82 Å². The van der Waals surface area contributed by atoms with Crippen molar-refractivity contribution < 1.29 is 4.39 Å². The zero-order valence-electron chi connectivity index (χ0n) is 13.3. The zero-order chi connectivity index (χ0) is 15.8. The quantitative estimate of drug-likeness (QED) is 0.786. The minimum Gasteiger partial charge on any atom is -0.304 e. The minimum atomic E-state index is -0.147. The van der Waals surface area contributed by atoms with Crippen molar-refractivity contribution >= 4 is 11.8 Å². The fourth-order valence-electron chi connectivity index (χ4n) is 3.54. The van der Waals surface area contributed by atoms with Crippen LogP contribution in [0.2, 0.25) is 0 Å². The molecule has 2 nitrogen and oxygen atoms in total. The molecular weight excluding hydrogens is 307 g/mol. The van der Waals surface area contributed by atoms with Crippen LogP contribution in [0, 0.1) is 5.82 Å². The Labute approximate surface area is 141 Å². The summed E-state index contributed by atoms with van der Waals surface area (Å²) in [5.41, 5.74) is 2.65. The predicted molar refractivity (Wildman–Crippen MR) is 92.5 cm³/mol. The molecule has 1 atom stereocenters. The third-order valence-corrected chi connectivity index (χ3v) is 6.11. The Kier molecular flexibility index (Phi) is 4.14. The van der Waals surface area contributed by atoms with Crippen molar-refractivity contribution in [2.75, 3.05) is 33.2 Å². The van der Waals surface area contributed by atoms with Crippen molar-refractivity contribution in [3.8, 4) is 0 Å². The lowest BCUT2D eigenvalue weighted by Crippen LogP contribution is -2.46. The summed E-state index contributed by atoms with van der Waals surface area (Å²) in [6, 6.07) is 14.2. The second-order valence-electron chi connectivity index (χ2n) is 6.45. The topological polar surface area (TPSA) is 6.48 Å². The van der Waals surface area contributed by atoms with E-state index in [1.54, 1.807) is 23.9 Å². The molecule has 4 rings (SSSR count). The maximum absolute atomic E-state index is 13.7. The Balaban J connectivity index is 1.74. The van der Waals surface area contributed by atoms with Crippen LogP contribution in [0.15, 0.2) is 52.3 Å². The van der Waals surface area contributed by atoms with Gasteiger partial charge in [0.1, 0.15) is 5.82 Å². The average molecular weight is 328 g/mol. The van der Waals surface area contributed by atoms with E-state index in [2.05, 4.69) is 41.1 Å². The summed E-state index contributed by atoms with van der Waals surface area (Å²) in [6.45, 7) is 4.41. The van der Waals surface area contributed by atoms with Gasteiger partial charge in [-0.1, -0.05) is 36.0 Å². The van der Waals surface area contributed by atoms with Crippen LogP contribution in [0.1, 0.15) is 17.2 Å². The Morgan fingerprint density at radius 2 is 1.78 bits per heavy atom. The van der Waals surface area contributed by atoms with Gasteiger partial charge in [-0.05, 0) is 42.8 Å². The largest absolute Gasteiger partial charge is 0.304 e. The molecule has 120 valence electrons. The van der Waals surface area contributed by atoms with E-state index in [4.69, 9.17) is 0 Å². The minimum absolute atomic E-state index is 0.147. The van der Waals surface area contributed by atoms with Crippen LogP contribution in [-0.2, 0) is 6.42 Å². The number of hydrogen-bond acceptors (Lipinski definition) is 3. The number of benzene rings is 2. The van der Waals surface area contributed by atoms with Gasteiger partial charge in [-0.2, -0.15) is 0 Å². The van der Waals surface area contributed by atoms with Gasteiger partial charge in [0, 0.05) is 42.0 Å². The number of piperazine rings is 1. The molecule has 2 aromatic rings. The molecular formula is C19H21FN2S. The molecule has 0 bridgehead atoms. The molecule has 0 aromatic heterocycles. The first-order valence-electron chi connectivity index (χ1n) is 8.18. The van der Waals surface area contributed by atoms with Crippen molar-refractivity contribution in [2.24, 2.45) is 0 Å². The van der Waals surface area contributed by atoms with Gasteiger partial charge in [-0.3, -0.25) is 4.90 Å². The average Bonchev–Trinajstić information content (AvgIpc) is 2.72. The number of likely N-dealkylation sites (N-methyl/N-ethyl adjacent to an activating group) is 1. The summed E-state index contributed by atoms with van der Waals surface area (Å²) >= 11 is 1.71. The van der Waals surface area contributed by atoms with E-state index < -0.39 is 0 Å². The van der Waals surface area contributed by atoms with Crippen LogP contribution < -0.4 is 0 Å². The first kappa shape index (κ1) is 15.2. The van der Waals surface area contributed by atoms with Gasteiger partial charge < -0.3 is 4.90 Å². The number of hydrogen-bond donors (Lipinski definition) is 0. The van der Waals surface area contributed by atoms with Crippen molar-refractivity contribution in [1.29, 1.82) is 0 Å². The van der Waals surface area contributed by atoms with Gasteiger partial charge >= 0.3 is 0 Å². The molecule has 0 N–H and O–H groups in total. The summed E-state index contributed by atoms with van der Waals surface area (Å²) in [5.74, 6) is -0.147. The molecule has 23 heavy (non-hydrogen) atoms. The van der Waals surface area contributed by atoms with Crippen molar-refractivity contribution in [1.82, 2.24) is 9.80 Å². The number of halogens is 1. The molecule has 0 saturated carbocycles. The van der Waals surface area contributed by atoms with Gasteiger partial charge in [-0.15, -0.1) is 0 Å². The third-order valence-electron chi connectivity index (χ3n) is 4.92. The molecule has 0 amide bonds. The van der Waals surface area contributed by atoms with Crippen LogP contribution in [0.4, 0.5) is 4.39 Å². The Bertz CT molecular complexity index is 710. The summed E-state index contributed by atoms with van der Waals surface area (Å²) in [5, 5.41) is 0. The standard InChI is InChI=1S/C19H21FN2S/c1-21-8-10-22(11-9-21)17-12-14-6-7-15(20)13-19(14)23-18-5-3-2-4-16(17)18/h2-7,13,17H,8-12H2,1H3/t17-/m0/s1. The van der Waals surface area contributed by atoms with E-state index in [1.807, 2.05) is 6.07 Å². The maximum Gasteiger partial charge on any atom is 0.124 e. The Morgan fingerprint density at radius 1 is 1.00 bits per heavy atom. The molecule has 0 radical (unpaired) electrons. The predicted octanol–water partition coefficient (Wildman–Crippen LogP) is 3.82. The van der Waals surface area contributed by atoms with Gasteiger partial charge in [0.05, 0.1) is 0 Å². The van der Waals surface area contributed by atoms with Crippen LogP contribution in [-0.4, -0.2) is 43.0 Å². The highest BCUT2D eigenvalue weighted by atomic mass is 32.2. The van der Waals surface area contributed by atoms with E-state index >= 15 is 0 Å². The fourth-order valence-corrected chi connectivity index (χ4v) is 4.70. The molecule has 0 aliphatic carbocycles. The molecule has 1 saturated heterocycles. The zero-order valence-corrected chi connectivity index (χ0v) is 14.2. The molecule has 4 heteroatoms. The van der Waals surface area contributed by atoms with Gasteiger partial charge in [0.2, 0.25) is 0 Å². The van der Waals surface area contributed by atoms with Crippen molar-refractivity contribution in [2.45, 2.75) is 22.3 Å². The highest BCUT2D eigenvalue weighted by Gasteiger charge is 2.29. The maximum atomic E-state index is 13.7. The SMILES string of the molecule is CN1CCN([C@H]2Cc3ccc(F)cc3Sc3ccccc32)CC1. The monoisotopic (exact) mass is 328 g/mol. The molecule has 0 unspecified atom stereocenters. The van der Waals surface area contributed by atoms with E-state index in [0.717, 1.165) is 37.5 Å². The first-order valence-corrected chi connectivity index (χ1v) is 9.00. The molecule has 2 aromatic carbocycles. The molecule has 2 aliphatic rings. The van der Waals surface area contributed by atoms with E-state index in [9.17, 15) is 4.39 Å². The van der Waals surface area contributed by atoms with Crippen molar-refractivity contribution in [3.05, 3.63) is 59.4 Å². The number of fused-ring (bicyclic) bond motifs is 2. The molecule has 1 fully saturated rings. The number of rotatable bonds is 1. The van der Waals surface area contributed by atoms with E-state index in [1.165, 1.54) is 16.0 Å². The smallest absolute Gasteiger partial charge is 0.124 e. The molecule has 2 heterocycles. The highest BCUT2D eigenvalue weighted by molar-refractivity contribution is 7.99. The Hall–Kier alpha value is -1.36. The normalized spacial score (nSPS) is 22.3. The lowest BCUT2D eigenvalue weighted by atomic mass is 9.96. The first-order chi connectivity index (χ1) is 11.2. The van der Waals surface area contributed by atoms with Gasteiger partial charge in [0.15, 0.2) is 0 Å². The second kappa shape index (κ2) is 6.27. The van der Waals surface area contributed by atoms with Crippen LogP contribution >= 0.6 is 11.8 Å². The molecule has 2 aliphatic heterocycles. The third kappa shape index (κ3) is 3.03. The summed E-state index contributed by atoms with van der Waals surface area (Å²) in [7, 11) is 2.19. The Morgan fingerprint density at radius 3 is 2.61 bits per heavy atom.